The molecule has 0 bridgehead atoms. The third-order valence-corrected chi connectivity index (χ3v) is 5.92. The zero-order valence-corrected chi connectivity index (χ0v) is 15.4. The van der Waals surface area contributed by atoms with E-state index in [1.54, 1.807) is 24.6 Å². The molecule has 8 heteroatoms. The highest BCUT2D eigenvalue weighted by Crippen LogP contribution is 2.49. The van der Waals surface area contributed by atoms with Crippen LogP contribution in [0.2, 0.25) is 0 Å². The van der Waals surface area contributed by atoms with E-state index in [2.05, 4.69) is 22.0 Å². The van der Waals surface area contributed by atoms with Crippen LogP contribution in [-0.4, -0.2) is 22.9 Å². The van der Waals surface area contributed by atoms with Crippen molar-refractivity contribution in [2.75, 3.05) is 0 Å². The Morgan fingerprint density at radius 2 is 2.28 bits per heavy atom. The normalized spacial score (nSPS) is 23.7. The summed E-state index contributed by atoms with van der Waals surface area (Å²) in [6.45, 7) is 3.83. The van der Waals surface area contributed by atoms with Gasteiger partial charge in [0.15, 0.2) is 5.82 Å². The van der Waals surface area contributed by atoms with Gasteiger partial charge in [-0.05, 0) is 54.4 Å². The van der Waals surface area contributed by atoms with Crippen molar-refractivity contribution < 1.29 is 0 Å². The van der Waals surface area contributed by atoms with E-state index in [0.717, 1.165) is 18.4 Å². The summed E-state index contributed by atoms with van der Waals surface area (Å²) < 4.78 is 0. The summed E-state index contributed by atoms with van der Waals surface area (Å²) in [5, 5.41) is 8.81. The first-order chi connectivity index (χ1) is 12.2. The largest absolute Gasteiger partial charge is 0.360 e. The topological polar surface area (TPSA) is 92.0 Å². The first kappa shape index (κ1) is 17.8. The van der Waals surface area contributed by atoms with Crippen LogP contribution in [0.15, 0.2) is 67.5 Å². The van der Waals surface area contributed by atoms with Crippen LogP contribution >= 0.6 is 23.4 Å². The number of halogens is 1. The van der Waals surface area contributed by atoms with Gasteiger partial charge in [0.05, 0.1) is 17.1 Å². The smallest absolute Gasteiger partial charge is 0.155 e. The molecular formula is C17H21ClN6S. The van der Waals surface area contributed by atoms with E-state index < -0.39 is 0 Å². The minimum atomic E-state index is 0.159. The first-order valence-corrected chi connectivity index (χ1v) is 9.32. The second kappa shape index (κ2) is 7.95. The van der Waals surface area contributed by atoms with Gasteiger partial charge in [-0.3, -0.25) is 5.01 Å². The van der Waals surface area contributed by atoms with Crippen molar-refractivity contribution in [2.24, 2.45) is 21.8 Å². The Kier molecular flexibility index (Phi) is 5.67. The zero-order valence-electron chi connectivity index (χ0n) is 13.8. The molecule has 0 amide bonds. The molecule has 3 aliphatic rings. The summed E-state index contributed by atoms with van der Waals surface area (Å²) >= 11 is 8.23. The molecule has 1 unspecified atom stereocenters. The molecule has 132 valence electrons. The number of allylic oxidation sites excluding steroid dienone is 5. The average molecular weight is 377 g/mol. The van der Waals surface area contributed by atoms with Crippen LogP contribution in [0.3, 0.4) is 0 Å². The number of thioether (sulfide) groups is 1. The fraction of sp³-hybridized carbons (Fsp3) is 0.294. The Labute approximate surface area is 156 Å². The number of nitrogens with two attached hydrogens (primary N) is 2. The molecule has 1 atom stereocenters. The van der Waals surface area contributed by atoms with Gasteiger partial charge in [0, 0.05) is 11.8 Å². The number of nitrogens with zero attached hydrogens (tertiary/aromatic N) is 3. The van der Waals surface area contributed by atoms with Gasteiger partial charge in [-0.1, -0.05) is 18.2 Å². The number of hydrazone groups is 1. The highest BCUT2D eigenvalue weighted by atomic mass is 35.5. The number of fused-ring (bicyclic) bond motifs is 2. The molecule has 0 aromatic rings. The SMILES string of the molecule is C=C/C(=C(Cl)\C=C\C=NN)N(N)C1=C2C3=C(CCCC3)SC2NC=N1. The highest BCUT2D eigenvalue weighted by molar-refractivity contribution is 8.04. The molecule has 0 saturated heterocycles. The predicted molar refractivity (Wildman–Crippen MR) is 106 cm³/mol. The summed E-state index contributed by atoms with van der Waals surface area (Å²) in [6, 6.07) is 0. The summed E-state index contributed by atoms with van der Waals surface area (Å²) in [4.78, 5) is 5.95. The van der Waals surface area contributed by atoms with Gasteiger partial charge in [0.25, 0.3) is 0 Å². The van der Waals surface area contributed by atoms with Crippen molar-refractivity contribution in [2.45, 2.75) is 31.1 Å². The molecule has 1 aliphatic carbocycles. The molecule has 0 radical (unpaired) electrons. The molecule has 0 fully saturated rings. The Balaban J connectivity index is 2.00. The summed E-state index contributed by atoms with van der Waals surface area (Å²) in [7, 11) is 0. The lowest BCUT2D eigenvalue weighted by Gasteiger charge is -2.28. The molecule has 25 heavy (non-hydrogen) atoms. The van der Waals surface area contributed by atoms with Gasteiger partial charge in [-0.15, -0.1) is 11.8 Å². The number of hydrazine groups is 1. The minimum absolute atomic E-state index is 0.159. The fourth-order valence-corrected chi connectivity index (χ4v) is 4.77. The lowest BCUT2D eigenvalue weighted by molar-refractivity contribution is 0.447. The third-order valence-electron chi connectivity index (χ3n) is 4.26. The quantitative estimate of drug-likeness (QED) is 0.297. The standard InChI is InChI=1S/C17H21ClN6S/c1-2-13(12(18)7-5-9-23-19)24(20)16-15-11-6-3-4-8-14(11)25-17(15)22-10-21-16/h2,5,7,9-10,17H,1,3-4,6,8,19-20H2,(H,21,22)/b7-5+,13-12-,23-9?. The number of rotatable bonds is 5. The fourth-order valence-electron chi connectivity index (χ4n) is 3.14. The Morgan fingerprint density at radius 1 is 1.48 bits per heavy atom. The molecule has 3 rings (SSSR count). The van der Waals surface area contributed by atoms with Crippen LogP contribution < -0.4 is 17.0 Å². The highest BCUT2D eigenvalue weighted by Gasteiger charge is 2.36. The first-order valence-electron chi connectivity index (χ1n) is 8.06. The van der Waals surface area contributed by atoms with Crippen LogP contribution in [0, 0.1) is 0 Å². The maximum Gasteiger partial charge on any atom is 0.155 e. The van der Waals surface area contributed by atoms with E-state index in [0.29, 0.717) is 16.6 Å². The number of nitrogens with one attached hydrogen (secondary N) is 1. The van der Waals surface area contributed by atoms with Crippen molar-refractivity contribution in [1.29, 1.82) is 0 Å². The van der Waals surface area contributed by atoms with Crippen molar-refractivity contribution in [3.8, 4) is 0 Å². The Hall–Kier alpha value is -1.96. The second-order valence-corrected chi connectivity index (χ2v) is 7.34. The predicted octanol–water partition coefficient (Wildman–Crippen LogP) is 3.04. The maximum absolute atomic E-state index is 6.38. The summed E-state index contributed by atoms with van der Waals surface area (Å²) in [6.07, 6.45) is 12.7. The van der Waals surface area contributed by atoms with Gasteiger partial charge in [-0.25, -0.2) is 10.8 Å². The molecule has 6 nitrogen and oxygen atoms in total. The van der Waals surface area contributed by atoms with Gasteiger partial charge in [-0.2, -0.15) is 5.10 Å². The van der Waals surface area contributed by atoms with E-state index >= 15 is 0 Å². The number of hydrogen-bond acceptors (Lipinski definition) is 7. The van der Waals surface area contributed by atoms with Crippen molar-refractivity contribution in [3.05, 3.63) is 57.4 Å². The van der Waals surface area contributed by atoms with Crippen molar-refractivity contribution in [1.82, 2.24) is 10.3 Å². The Bertz CT molecular complexity index is 746. The monoisotopic (exact) mass is 376 g/mol. The lowest BCUT2D eigenvalue weighted by atomic mass is 9.93. The molecule has 5 N–H and O–H groups in total. The molecule has 0 aromatic heterocycles. The van der Waals surface area contributed by atoms with E-state index in [4.69, 9.17) is 23.3 Å². The van der Waals surface area contributed by atoms with Crippen LogP contribution in [0.1, 0.15) is 25.7 Å². The van der Waals surface area contributed by atoms with E-state index in [1.807, 2.05) is 11.8 Å². The minimum Gasteiger partial charge on any atom is -0.360 e. The van der Waals surface area contributed by atoms with Crippen LogP contribution in [0.25, 0.3) is 0 Å². The zero-order chi connectivity index (χ0) is 17.8. The molecule has 0 spiro atoms. The molecular weight excluding hydrogens is 356 g/mol. The Morgan fingerprint density at radius 3 is 3.04 bits per heavy atom. The van der Waals surface area contributed by atoms with Gasteiger partial charge >= 0.3 is 0 Å². The van der Waals surface area contributed by atoms with E-state index in [1.165, 1.54) is 34.5 Å². The molecule has 0 aromatic carbocycles. The lowest BCUT2D eigenvalue weighted by Crippen LogP contribution is -2.37. The third kappa shape index (κ3) is 3.53. The van der Waals surface area contributed by atoms with Crippen molar-refractivity contribution in [3.63, 3.8) is 0 Å². The molecule has 2 heterocycles. The molecule has 0 saturated carbocycles. The molecule has 2 aliphatic heterocycles. The maximum atomic E-state index is 6.38. The second-order valence-electron chi connectivity index (χ2n) is 5.73. The number of aliphatic imine (C=N–C) groups is 1. The van der Waals surface area contributed by atoms with E-state index in [9.17, 15) is 0 Å². The van der Waals surface area contributed by atoms with Crippen LogP contribution in [0.4, 0.5) is 0 Å². The van der Waals surface area contributed by atoms with Crippen molar-refractivity contribution >= 4 is 35.9 Å². The van der Waals surface area contributed by atoms with Gasteiger partial charge < -0.3 is 11.2 Å². The van der Waals surface area contributed by atoms with Crippen LogP contribution in [-0.2, 0) is 0 Å². The number of hydrogen-bond donors (Lipinski definition) is 3. The van der Waals surface area contributed by atoms with Crippen LogP contribution in [0.5, 0.6) is 0 Å². The van der Waals surface area contributed by atoms with Gasteiger partial charge in [0.1, 0.15) is 5.37 Å². The van der Waals surface area contributed by atoms with Gasteiger partial charge in [0.2, 0.25) is 0 Å². The van der Waals surface area contributed by atoms with E-state index in [-0.39, 0.29) is 5.37 Å². The summed E-state index contributed by atoms with van der Waals surface area (Å²) in [5.41, 5.74) is 3.10. The summed E-state index contributed by atoms with van der Waals surface area (Å²) in [5.74, 6) is 12.2. The average Bonchev–Trinajstić information content (AvgIpc) is 3.01.